The van der Waals surface area contributed by atoms with Crippen LogP contribution in [0.25, 0.3) is 0 Å². The molecule has 18 heavy (non-hydrogen) atoms. The van der Waals surface area contributed by atoms with Crippen LogP contribution in [0.15, 0.2) is 24.3 Å². The molecule has 1 heterocycles. The van der Waals surface area contributed by atoms with Gasteiger partial charge in [-0.25, -0.2) is 0 Å². The zero-order chi connectivity index (χ0) is 12.6. The van der Waals surface area contributed by atoms with Crippen LogP contribution < -0.4 is 0 Å². The summed E-state index contributed by atoms with van der Waals surface area (Å²) in [4.78, 5) is 11.3. The lowest BCUT2D eigenvalue weighted by Crippen LogP contribution is -2.19. The Morgan fingerprint density at radius 2 is 1.78 bits per heavy atom. The number of ether oxygens (including phenoxy) is 1. The molecule has 1 N–H and O–H groups in total. The van der Waals surface area contributed by atoms with E-state index in [2.05, 4.69) is 12.1 Å². The molecular formula is C15H18O3. The van der Waals surface area contributed by atoms with E-state index in [-0.39, 0.29) is 0 Å². The third-order valence-corrected chi connectivity index (χ3v) is 4.32. The number of benzene rings is 1. The summed E-state index contributed by atoms with van der Waals surface area (Å²) in [6.07, 6.45) is 3.70. The van der Waals surface area contributed by atoms with E-state index in [4.69, 9.17) is 4.74 Å². The second kappa shape index (κ2) is 4.39. The summed E-state index contributed by atoms with van der Waals surface area (Å²) < 4.78 is 5.36. The standard InChI is InChI=1S/C15H18O3/c16-14(17)15(7-8-15)13-3-1-11(2-4-13)12-5-9-18-10-6-12/h1-4,12H,5-10H2,(H,16,17). The molecule has 0 amide bonds. The van der Waals surface area contributed by atoms with Crippen molar-refractivity contribution >= 4 is 5.97 Å². The average molecular weight is 246 g/mol. The third-order valence-electron chi connectivity index (χ3n) is 4.32. The van der Waals surface area contributed by atoms with Gasteiger partial charge in [-0.2, -0.15) is 0 Å². The number of rotatable bonds is 3. The first-order valence-corrected chi connectivity index (χ1v) is 6.64. The number of carboxylic acids is 1. The molecule has 1 saturated carbocycles. The summed E-state index contributed by atoms with van der Waals surface area (Å²) in [5, 5.41) is 9.26. The van der Waals surface area contributed by atoms with E-state index in [1.54, 1.807) is 0 Å². The van der Waals surface area contributed by atoms with E-state index in [1.807, 2.05) is 12.1 Å². The molecule has 0 aromatic heterocycles. The van der Waals surface area contributed by atoms with E-state index < -0.39 is 11.4 Å². The molecule has 0 atom stereocenters. The molecule has 1 aliphatic carbocycles. The van der Waals surface area contributed by atoms with Crippen LogP contribution in [0.3, 0.4) is 0 Å². The highest BCUT2D eigenvalue weighted by molar-refractivity contribution is 5.84. The van der Waals surface area contributed by atoms with Crippen LogP contribution >= 0.6 is 0 Å². The maximum absolute atomic E-state index is 11.3. The van der Waals surface area contributed by atoms with E-state index in [0.29, 0.717) is 5.92 Å². The molecule has 0 bridgehead atoms. The molecule has 0 unspecified atom stereocenters. The van der Waals surface area contributed by atoms with Crippen LogP contribution in [-0.4, -0.2) is 24.3 Å². The Bertz CT molecular complexity index is 439. The van der Waals surface area contributed by atoms with Crippen molar-refractivity contribution in [3.63, 3.8) is 0 Å². The summed E-state index contributed by atoms with van der Waals surface area (Å²) in [6.45, 7) is 1.68. The number of hydrogen-bond donors (Lipinski definition) is 1. The first kappa shape index (κ1) is 11.7. The average Bonchev–Trinajstić information content (AvgIpc) is 3.22. The molecule has 1 saturated heterocycles. The van der Waals surface area contributed by atoms with Gasteiger partial charge in [0.1, 0.15) is 0 Å². The molecule has 0 spiro atoms. The van der Waals surface area contributed by atoms with Crippen LogP contribution in [0.5, 0.6) is 0 Å². The lowest BCUT2D eigenvalue weighted by Gasteiger charge is -2.22. The third kappa shape index (κ3) is 1.93. The number of aliphatic carboxylic acids is 1. The quantitative estimate of drug-likeness (QED) is 0.892. The van der Waals surface area contributed by atoms with Gasteiger partial charge >= 0.3 is 5.97 Å². The highest BCUT2D eigenvalue weighted by Gasteiger charge is 2.51. The van der Waals surface area contributed by atoms with Gasteiger partial charge < -0.3 is 9.84 Å². The van der Waals surface area contributed by atoms with E-state index in [9.17, 15) is 9.90 Å². The molecule has 1 aliphatic heterocycles. The van der Waals surface area contributed by atoms with Gasteiger partial charge in [-0.3, -0.25) is 4.79 Å². The lowest BCUT2D eigenvalue weighted by atomic mass is 9.88. The summed E-state index contributed by atoms with van der Waals surface area (Å²) in [6, 6.07) is 8.22. The normalized spacial score (nSPS) is 22.7. The van der Waals surface area contributed by atoms with Gasteiger partial charge in [0.2, 0.25) is 0 Å². The SMILES string of the molecule is O=C(O)C1(c2ccc(C3CCOCC3)cc2)CC1. The fourth-order valence-electron chi connectivity index (χ4n) is 2.86. The van der Waals surface area contributed by atoms with E-state index in [0.717, 1.165) is 44.5 Å². The minimum absolute atomic E-state index is 0.575. The predicted molar refractivity (Wildman–Crippen MR) is 67.8 cm³/mol. The molecule has 96 valence electrons. The van der Waals surface area contributed by atoms with Gasteiger partial charge in [0.05, 0.1) is 5.41 Å². The van der Waals surface area contributed by atoms with Crippen molar-refractivity contribution in [1.82, 2.24) is 0 Å². The molecule has 2 aliphatic rings. The van der Waals surface area contributed by atoms with Gasteiger partial charge in [-0.15, -0.1) is 0 Å². The predicted octanol–water partition coefficient (Wildman–Crippen LogP) is 2.70. The van der Waals surface area contributed by atoms with Crippen molar-refractivity contribution in [2.24, 2.45) is 0 Å². The van der Waals surface area contributed by atoms with Crippen LogP contribution in [-0.2, 0) is 14.9 Å². The van der Waals surface area contributed by atoms with Crippen molar-refractivity contribution in [3.05, 3.63) is 35.4 Å². The molecule has 3 nitrogen and oxygen atoms in total. The fourth-order valence-corrected chi connectivity index (χ4v) is 2.86. The highest BCUT2D eigenvalue weighted by Crippen LogP contribution is 2.48. The molecule has 3 heteroatoms. The molecule has 2 fully saturated rings. The summed E-state index contributed by atoms with van der Waals surface area (Å²) in [5.74, 6) is -0.103. The monoisotopic (exact) mass is 246 g/mol. The first-order chi connectivity index (χ1) is 8.72. The van der Waals surface area contributed by atoms with Crippen molar-refractivity contribution in [1.29, 1.82) is 0 Å². The first-order valence-electron chi connectivity index (χ1n) is 6.64. The lowest BCUT2D eigenvalue weighted by molar-refractivity contribution is -0.140. The number of carbonyl (C=O) groups is 1. The molecule has 1 aromatic carbocycles. The Hall–Kier alpha value is -1.35. The van der Waals surface area contributed by atoms with Gasteiger partial charge in [0, 0.05) is 13.2 Å². The second-order valence-corrected chi connectivity index (χ2v) is 5.40. The maximum atomic E-state index is 11.3. The van der Waals surface area contributed by atoms with Crippen molar-refractivity contribution in [2.75, 3.05) is 13.2 Å². The Morgan fingerprint density at radius 1 is 1.17 bits per heavy atom. The Kier molecular flexibility index (Phi) is 2.86. The van der Waals surface area contributed by atoms with Gasteiger partial charge in [-0.05, 0) is 42.7 Å². The minimum atomic E-state index is -0.679. The second-order valence-electron chi connectivity index (χ2n) is 5.40. The molecular weight excluding hydrogens is 228 g/mol. The highest BCUT2D eigenvalue weighted by atomic mass is 16.5. The van der Waals surface area contributed by atoms with Crippen LogP contribution in [0.2, 0.25) is 0 Å². The smallest absolute Gasteiger partial charge is 0.314 e. The van der Waals surface area contributed by atoms with Gasteiger partial charge in [0.15, 0.2) is 0 Å². The molecule has 3 rings (SSSR count). The molecule has 1 aromatic rings. The maximum Gasteiger partial charge on any atom is 0.314 e. The zero-order valence-corrected chi connectivity index (χ0v) is 10.4. The van der Waals surface area contributed by atoms with Crippen molar-refractivity contribution in [3.8, 4) is 0 Å². The number of carboxylic acid groups (broad SMARTS) is 1. The van der Waals surface area contributed by atoms with Gasteiger partial charge in [0.25, 0.3) is 0 Å². The fraction of sp³-hybridized carbons (Fsp3) is 0.533. The Morgan fingerprint density at radius 3 is 2.28 bits per heavy atom. The van der Waals surface area contributed by atoms with E-state index >= 15 is 0 Å². The van der Waals surface area contributed by atoms with Crippen molar-refractivity contribution in [2.45, 2.75) is 37.0 Å². The van der Waals surface area contributed by atoms with Gasteiger partial charge in [-0.1, -0.05) is 24.3 Å². The van der Waals surface area contributed by atoms with Crippen molar-refractivity contribution < 1.29 is 14.6 Å². The summed E-state index contributed by atoms with van der Waals surface area (Å²) >= 11 is 0. The van der Waals surface area contributed by atoms with Crippen LogP contribution in [0, 0.1) is 0 Å². The summed E-state index contributed by atoms with van der Waals surface area (Å²) in [5.41, 5.74) is 1.71. The summed E-state index contributed by atoms with van der Waals surface area (Å²) in [7, 11) is 0. The van der Waals surface area contributed by atoms with Crippen LogP contribution in [0.4, 0.5) is 0 Å². The van der Waals surface area contributed by atoms with Crippen LogP contribution in [0.1, 0.15) is 42.7 Å². The minimum Gasteiger partial charge on any atom is -0.481 e. The molecule has 0 radical (unpaired) electrons. The number of hydrogen-bond acceptors (Lipinski definition) is 2. The zero-order valence-electron chi connectivity index (χ0n) is 10.4. The largest absolute Gasteiger partial charge is 0.481 e. The Labute approximate surface area is 107 Å². The topological polar surface area (TPSA) is 46.5 Å². The Balaban J connectivity index is 1.79. The van der Waals surface area contributed by atoms with E-state index in [1.165, 1.54) is 5.56 Å².